The summed E-state index contributed by atoms with van der Waals surface area (Å²) in [5.41, 5.74) is 0.222. The number of fused-ring (bicyclic) bond motifs is 1. The number of hydrogen-bond donors (Lipinski definition) is 0. The predicted molar refractivity (Wildman–Crippen MR) is 79.4 cm³/mol. The lowest BCUT2D eigenvalue weighted by Crippen LogP contribution is -2.24. The fourth-order valence-corrected chi connectivity index (χ4v) is 2.28. The maximum atomic E-state index is 12.4. The molecule has 3 rings (SSSR count). The zero-order valence-corrected chi connectivity index (χ0v) is 12.3. The fraction of sp³-hybridized carbons (Fsp3) is 0.0625. The van der Waals surface area contributed by atoms with E-state index in [9.17, 15) is 9.59 Å². The zero-order valence-electron chi connectivity index (χ0n) is 11.5. The van der Waals surface area contributed by atoms with Crippen LogP contribution in [0.4, 0.5) is 0 Å². The molecule has 0 unspecified atom stereocenters. The van der Waals surface area contributed by atoms with Crippen molar-refractivity contribution in [1.82, 2.24) is 4.98 Å². The molecule has 5 nitrogen and oxygen atoms in total. The molecule has 0 bridgehead atoms. The van der Waals surface area contributed by atoms with E-state index in [0.717, 1.165) is 0 Å². The highest BCUT2D eigenvalue weighted by molar-refractivity contribution is 6.49. The van der Waals surface area contributed by atoms with Crippen LogP contribution < -0.4 is 9.47 Å². The van der Waals surface area contributed by atoms with Crippen molar-refractivity contribution in [2.75, 3.05) is 7.11 Å². The van der Waals surface area contributed by atoms with Crippen LogP contribution in [0.25, 0.3) is 0 Å². The van der Waals surface area contributed by atoms with Crippen molar-refractivity contribution in [3.63, 3.8) is 0 Å². The maximum Gasteiger partial charge on any atom is 0.248 e. The predicted octanol–water partition coefficient (Wildman–Crippen LogP) is 3.00. The van der Waals surface area contributed by atoms with E-state index in [1.54, 1.807) is 37.4 Å². The van der Waals surface area contributed by atoms with Gasteiger partial charge in [-0.2, -0.15) is 0 Å². The lowest BCUT2D eigenvalue weighted by Gasteiger charge is -2.17. The van der Waals surface area contributed by atoms with Crippen LogP contribution in [-0.4, -0.2) is 23.7 Å². The van der Waals surface area contributed by atoms with E-state index in [-0.39, 0.29) is 22.0 Å². The molecule has 1 aromatic carbocycles. The molecule has 22 heavy (non-hydrogen) atoms. The number of carbonyl (C=O) groups excluding carboxylic acids is 2. The quantitative estimate of drug-likeness (QED) is 0.871. The zero-order chi connectivity index (χ0) is 15.7. The van der Waals surface area contributed by atoms with Gasteiger partial charge in [-0.3, -0.25) is 14.6 Å². The van der Waals surface area contributed by atoms with Gasteiger partial charge in [0.05, 0.1) is 12.7 Å². The van der Waals surface area contributed by atoms with E-state index in [1.807, 2.05) is 0 Å². The number of carbonyl (C=O) groups is 2. The van der Waals surface area contributed by atoms with Crippen LogP contribution in [0.5, 0.6) is 11.5 Å². The third-order valence-corrected chi connectivity index (χ3v) is 3.49. The second-order valence-corrected chi connectivity index (χ2v) is 4.86. The molecule has 0 atom stereocenters. The molecule has 0 N–H and O–H groups in total. The van der Waals surface area contributed by atoms with E-state index >= 15 is 0 Å². The third-order valence-electron chi connectivity index (χ3n) is 3.15. The van der Waals surface area contributed by atoms with Crippen LogP contribution in [0.1, 0.15) is 20.8 Å². The lowest BCUT2D eigenvalue weighted by atomic mass is 9.98. The summed E-state index contributed by atoms with van der Waals surface area (Å²) in [6.07, 6.45) is 1.44. The molecule has 1 heterocycles. The molecular formula is C16H10ClNO4. The van der Waals surface area contributed by atoms with Crippen LogP contribution in [0.2, 0.25) is 0 Å². The number of aromatic nitrogens is 1. The van der Waals surface area contributed by atoms with E-state index in [1.165, 1.54) is 12.3 Å². The van der Waals surface area contributed by atoms with Crippen molar-refractivity contribution in [3.05, 3.63) is 64.6 Å². The van der Waals surface area contributed by atoms with Crippen molar-refractivity contribution < 1.29 is 19.1 Å². The van der Waals surface area contributed by atoms with Crippen LogP contribution in [0, 0.1) is 0 Å². The number of Topliss-reactive ketones (excluding diaryl/α,β-unsaturated/α-hetero) is 2. The van der Waals surface area contributed by atoms with Crippen molar-refractivity contribution in [1.29, 1.82) is 0 Å². The number of pyridine rings is 1. The number of allylic oxidation sites excluding steroid dienone is 2. The summed E-state index contributed by atoms with van der Waals surface area (Å²) in [7, 11) is 1.54. The topological polar surface area (TPSA) is 65.5 Å². The molecule has 6 heteroatoms. The van der Waals surface area contributed by atoms with Gasteiger partial charge in [-0.05, 0) is 36.4 Å². The monoisotopic (exact) mass is 315 g/mol. The molecule has 0 radical (unpaired) electrons. The molecular weight excluding hydrogens is 306 g/mol. The average molecular weight is 316 g/mol. The summed E-state index contributed by atoms with van der Waals surface area (Å²) in [6, 6.07) is 9.65. The van der Waals surface area contributed by atoms with Crippen molar-refractivity contribution >= 4 is 23.2 Å². The summed E-state index contributed by atoms with van der Waals surface area (Å²) < 4.78 is 10.5. The summed E-state index contributed by atoms with van der Waals surface area (Å²) in [5.74, 6) is -0.202. The highest BCUT2D eigenvalue weighted by Crippen LogP contribution is 2.29. The van der Waals surface area contributed by atoms with Crippen molar-refractivity contribution in [3.8, 4) is 11.5 Å². The van der Waals surface area contributed by atoms with Gasteiger partial charge < -0.3 is 9.47 Å². The Bertz CT molecular complexity index is 796. The van der Waals surface area contributed by atoms with Gasteiger partial charge in [0.2, 0.25) is 11.6 Å². The summed E-state index contributed by atoms with van der Waals surface area (Å²) in [6.45, 7) is 0. The number of rotatable bonds is 3. The second kappa shape index (κ2) is 5.61. The first-order valence-corrected chi connectivity index (χ1v) is 6.75. The van der Waals surface area contributed by atoms with Crippen LogP contribution >= 0.6 is 11.6 Å². The molecule has 0 fully saturated rings. The fourth-order valence-electron chi connectivity index (χ4n) is 2.05. The van der Waals surface area contributed by atoms with E-state index in [0.29, 0.717) is 11.5 Å². The highest BCUT2D eigenvalue weighted by atomic mass is 35.5. The maximum absolute atomic E-state index is 12.4. The van der Waals surface area contributed by atoms with Crippen LogP contribution in [0.3, 0.4) is 0 Å². The van der Waals surface area contributed by atoms with Gasteiger partial charge in [-0.25, -0.2) is 0 Å². The SMILES string of the molecule is COc1ccc(OC2=C(Cl)C(=O)c3cccnc3C2=O)cc1. The smallest absolute Gasteiger partial charge is 0.248 e. The number of hydrogen-bond acceptors (Lipinski definition) is 5. The average Bonchev–Trinajstić information content (AvgIpc) is 2.57. The lowest BCUT2D eigenvalue weighted by molar-refractivity contribution is 0.0938. The van der Waals surface area contributed by atoms with Gasteiger partial charge >= 0.3 is 0 Å². The first-order valence-electron chi connectivity index (χ1n) is 6.38. The number of ketones is 2. The van der Waals surface area contributed by atoms with E-state index in [4.69, 9.17) is 21.1 Å². The molecule has 0 amide bonds. The largest absolute Gasteiger partial charge is 0.497 e. The Morgan fingerprint density at radius 3 is 2.36 bits per heavy atom. The molecule has 0 spiro atoms. The standard InChI is InChI=1S/C16H10ClNO4/c1-21-9-4-6-10(7-5-9)22-16-12(17)14(19)11-3-2-8-18-13(11)15(16)20/h2-8H,1H3. The van der Waals surface area contributed by atoms with Crippen molar-refractivity contribution in [2.24, 2.45) is 0 Å². The van der Waals surface area contributed by atoms with Crippen molar-refractivity contribution in [2.45, 2.75) is 0 Å². The third kappa shape index (κ3) is 2.35. The van der Waals surface area contributed by atoms with Gasteiger partial charge in [-0.1, -0.05) is 11.6 Å². The molecule has 0 saturated heterocycles. The Hall–Kier alpha value is -2.66. The van der Waals surface area contributed by atoms with Crippen LogP contribution in [0.15, 0.2) is 53.4 Å². The number of nitrogens with zero attached hydrogens (tertiary/aromatic N) is 1. The summed E-state index contributed by atoms with van der Waals surface area (Å²) in [4.78, 5) is 28.5. The first-order chi connectivity index (χ1) is 10.6. The molecule has 1 aromatic heterocycles. The summed E-state index contributed by atoms with van der Waals surface area (Å²) >= 11 is 6.00. The van der Waals surface area contributed by atoms with Gasteiger partial charge in [0.1, 0.15) is 22.2 Å². The Labute approximate surface area is 131 Å². The Morgan fingerprint density at radius 2 is 1.68 bits per heavy atom. The normalized spacial score (nSPS) is 13.9. The minimum Gasteiger partial charge on any atom is -0.497 e. The van der Waals surface area contributed by atoms with Crippen LogP contribution in [-0.2, 0) is 0 Å². The first kappa shape index (κ1) is 14.3. The number of halogens is 1. The van der Waals surface area contributed by atoms with E-state index in [2.05, 4.69) is 4.98 Å². The molecule has 110 valence electrons. The molecule has 1 aliphatic rings. The van der Waals surface area contributed by atoms with Gasteiger partial charge in [-0.15, -0.1) is 0 Å². The van der Waals surface area contributed by atoms with E-state index < -0.39 is 11.6 Å². The van der Waals surface area contributed by atoms with Gasteiger partial charge in [0.15, 0.2) is 5.76 Å². The molecule has 1 aliphatic carbocycles. The number of methoxy groups -OCH3 is 1. The molecule has 0 aliphatic heterocycles. The Kier molecular flexibility index (Phi) is 3.65. The Balaban J connectivity index is 1.97. The highest BCUT2D eigenvalue weighted by Gasteiger charge is 2.34. The Morgan fingerprint density at radius 1 is 1.00 bits per heavy atom. The second-order valence-electron chi connectivity index (χ2n) is 4.48. The minimum atomic E-state index is -0.518. The molecule has 2 aromatic rings. The van der Waals surface area contributed by atoms with Gasteiger partial charge in [0.25, 0.3) is 0 Å². The van der Waals surface area contributed by atoms with Gasteiger partial charge in [0, 0.05) is 6.20 Å². The summed E-state index contributed by atoms with van der Waals surface area (Å²) in [5, 5.41) is -0.249. The number of benzene rings is 1. The number of ether oxygens (including phenoxy) is 2. The minimum absolute atomic E-state index is 0.0420. The molecule has 0 saturated carbocycles.